The van der Waals surface area contributed by atoms with Crippen molar-refractivity contribution in [3.8, 4) is 23.0 Å². The van der Waals surface area contributed by atoms with Gasteiger partial charge >= 0.3 is 0 Å². The van der Waals surface area contributed by atoms with Crippen LogP contribution >= 0.6 is 0 Å². The minimum Gasteiger partial charge on any atom is -0.334 e. The van der Waals surface area contributed by atoms with Crippen LogP contribution < -0.4 is 0 Å². The number of rotatable bonds is 2. The third-order valence-electron chi connectivity index (χ3n) is 2.49. The maximum Gasteiger partial charge on any atom is 0.258 e. The first-order valence-electron chi connectivity index (χ1n) is 5.44. The highest BCUT2D eigenvalue weighted by molar-refractivity contribution is 5.57. The predicted octanol–water partition coefficient (Wildman–Crippen LogP) is 3.08. The molecule has 0 N–H and O–H groups in total. The molecule has 6 heteroatoms. The number of hydrogen-bond acceptors (Lipinski definition) is 4. The maximum atomic E-state index is 13.1. The Labute approximate surface area is 106 Å². The lowest BCUT2D eigenvalue weighted by atomic mass is 10.2. The largest absolute Gasteiger partial charge is 0.334 e. The van der Waals surface area contributed by atoms with Gasteiger partial charge in [0.2, 0.25) is 5.82 Å². The molecule has 0 bridgehead atoms. The molecule has 19 heavy (non-hydrogen) atoms. The molecule has 0 aliphatic rings. The van der Waals surface area contributed by atoms with Crippen molar-refractivity contribution in [3.05, 3.63) is 54.2 Å². The van der Waals surface area contributed by atoms with E-state index in [2.05, 4.69) is 15.1 Å². The normalized spacial score (nSPS) is 10.6. The summed E-state index contributed by atoms with van der Waals surface area (Å²) in [7, 11) is 0. The molecule has 0 spiro atoms. The topological polar surface area (TPSA) is 51.8 Å². The molecule has 0 unspecified atom stereocenters. The summed E-state index contributed by atoms with van der Waals surface area (Å²) in [6.07, 6.45) is 1.60. The van der Waals surface area contributed by atoms with Gasteiger partial charge in [0.05, 0.1) is 0 Å². The quantitative estimate of drug-likeness (QED) is 0.709. The van der Waals surface area contributed by atoms with E-state index in [1.165, 1.54) is 6.07 Å². The highest BCUT2D eigenvalue weighted by Gasteiger charge is 2.13. The van der Waals surface area contributed by atoms with Crippen LogP contribution in [0.2, 0.25) is 0 Å². The van der Waals surface area contributed by atoms with Crippen LogP contribution in [-0.4, -0.2) is 15.1 Å². The molecule has 0 atom stereocenters. The summed E-state index contributed by atoms with van der Waals surface area (Å²) in [5, 5.41) is 3.75. The summed E-state index contributed by atoms with van der Waals surface area (Å²) in [4.78, 5) is 8.16. The van der Waals surface area contributed by atoms with Gasteiger partial charge in [0, 0.05) is 11.8 Å². The van der Waals surface area contributed by atoms with Crippen molar-refractivity contribution in [1.29, 1.82) is 0 Å². The molecule has 0 aliphatic carbocycles. The standard InChI is InChI=1S/C13H7F2N3O/c14-9-5-4-8(7-10(9)15)13-17-12(18-19-13)11-3-1-2-6-16-11/h1-7H. The molecule has 0 fully saturated rings. The summed E-state index contributed by atoms with van der Waals surface area (Å²) in [6, 6.07) is 8.66. The van der Waals surface area contributed by atoms with Crippen LogP contribution in [0.4, 0.5) is 8.78 Å². The fourth-order valence-electron chi connectivity index (χ4n) is 1.57. The van der Waals surface area contributed by atoms with Gasteiger partial charge in [-0.1, -0.05) is 11.2 Å². The average molecular weight is 259 g/mol. The Hall–Kier alpha value is -2.63. The Balaban J connectivity index is 1.99. The Morgan fingerprint density at radius 1 is 1.00 bits per heavy atom. The third-order valence-corrected chi connectivity index (χ3v) is 2.49. The molecular formula is C13H7F2N3O. The SMILES string of the molecule is Fc1ccc(-c2nc(-c3ccccn3)no2)cc1F. The van der Waals surface area contributed by atoms with Gasteiger partial charge in [-0.3, -0.25) is 4.98 Å². The van der Waals surface area contributed by atoms with E-state index in [4.69, 9.17) is 4.52 Å². The van der Waals surface area contributed by atoms with Gasteiger partial charge in [-0.25, -0.2) is 8.78 Å². The van der Waals surface area contributed by atoms with Crippen LogP contribution in [0.15, 0.2) is 47.1 Å². The van der Waals surface area contributed by atoms with Crippen molar-refractivity contribution >= 4 is 0 Å². The van der Waals surface area contributed by atoms with Crippen LogP contribution in [0.1, 0.15) is 0 Å². The molecule has 0 radical (unpaired) electrons. The van der Waals surface area contributed by atoms with Gasteiger partial charge in [-0.05, 0) is 30.3 Å². The fraction of sp³-hybridized carbons (Fsp3) is 0. The van der Waals surface area contributed by atoms with Crippen molar-refractivity contribution in [2.45, 2.75) is 0 Å². The zero-order chi connectivity index (χ0) is 13.2. The lowest BCUT2D eigenvalue weighted by molar-refractivity contribution is 0.431. The van der Waals surface area contributed by atoms with Crippen LogP contribution in [0, 0.1) is 11.6 Å². The van der Waals surface area contributed by atoms with E-state index in [1.54, 1.807) is 24.4 Å². The molecule has 4 nitrogen and oxygen atoms in total. The third kappa shape index (κ3) is 2.20. The molecule has 94 valence electrons. The van der Waals surface area contributed by atoms with E-state index >= 15 is 0 Å². The van der Waals surface area contributed by atoms with Crippen molar-refractivity contribution in [2.75, 3.05) is 0 Å². The molecule has 1 aromatic carbocycles. The highest BCUT2D eigenvalue weighted by Crippen LogP contribution is 2.22. The van der Waals surface area contributed by atoms with E-state index < -0.39 is 11.6 Å². The van der Waals surface area contributed by atoms with Crippen molar-refractivity contribution in [2.24, 2.45) is 0 Å². The van der Waals surface area contributed by atoms with E-state index in [1.807, 2.05) is 0 Å². The lowest BCUT2D eigenvalue weighted by Crippen LogP contribution is -1.86. The number of hydrogen-bond donors (Lipinski definition) is 0. The van der Waals surface area contributed by atoms with Crippen molar-refractivity contribution in [1.82, 2.24) is 15.1 Å². The van der Waals surface area contributed by atoms with Gasteiger partial charge < -0.3 is 4.52 Å². The van der Waals surface area contributed by atoms with Crippen molar-refractivity contribution in [3.63, 3.8) is 0 Å². The number of benzene rings is 1. The summed E-state index contributed by atoms with van der Waals surface area (Å²) >= 11 is 0. The second-order valence-electron chi connectivity index (χ2n) is 3.77. The number of aromatic nitrogens is 3. The molecule has 0 aliphatic heterocycles. The first-order chi connectivity index (χ1) is 9.24. The molecule has 0 amide bonds. The molecule has 2 aromatic heterocycles. The van der Waals surface area contributed by atoms with E-state index in [-0.39, 0.29) is 5.89 Å². The molecule has 3 aromatic rings. The van der Waals surface area contributed by atoms with Gasteiger partial charge in [0.1, 0.15) is 5.69 Å². The van der Waals surface area contributed by atoms with E-state index in [0.717, 1.165) is 12.1 Å². The van der Waals surface area contributed by atoms with Gasteiger partial charge in [0.15, 0.2) is 11.6 Å². The van der Waals surface area contributed by atoms with E-state index in [0.29, 0.717) is 17.1 Å². The summed E-state index contributed by atoms with van der Waals surface area (Å²) < 4.78 is 31.0. The number of halogens is 2. The summed E-state index contributed by atoms with van der Waals surface area (Å²) in [5.74, 6) is -1.48. The van der Waals surface area contributed by atoms with Gasteiger partial charge in [0.25, 0.3) is 5.89 Å². The van der Waals surface area contributed by atoms with Crippen LogP contribution in [0.25, 0.3) is 23.0 Å². The Bertz CT molecular complexity index is 713. The maximum absolute atomic E-state index is 13.1. The summed E-state index contributed by atoms with van der Waals surface area (Å²) in [6.45, 7) is 0. The monoisotopic (exact) mass is 259 g/mol. The zero-order valence-electron chi connectivity index (χ0n) is 9.55. The predicted molar refractivity (Wildman–Crippen MR) is 62.9 cm³/mol. The number of nitrogens with zero attached hydrogens (tertiary/aromatic N) is 3. The molecule has 2 heterocycles. The molecule has 3 rings (SSSR count). The zero-order valence-corrected chi connectivity index (χ0v) is 9.55. The van der Waals surface area contributed by atoms with Crippen LogP contribution in [-0.2, 0) is 0 Å². The first-order valence-corrected chi connectivity index (χ1v) is 5.44. The first kappa shape index (κ1) is 11.5. The van der Waals surface area contributed by atoms with Gasteiger partial charge in [-0.2, -0.15) is 4.98 Å². The van der Waals surface area contributed by atoms with Crippen molar-refractivity contribution < 1.29 is 13.3 Å². The Kier molecular flexibility index (Phi) is 2.75. The second-order valence-corrected chi connectivity index (χ2v) is 3.77. The minimum atomic E-state index is -0.963. The van der Waals surface area contributed by atoms with Gasteiger partial charge in [-0.15, -0.1) is 0 Å². The number of pyridine rings is 1. The smallest absolute Gasteiger partial charge is 0.258 e. The minimum absolute atomic E-state index is 0.111. The van der Waals surface area contributed by atoms with E-state index in [9.17, 15) is 8.78 Å². The Morgan fingerprint density at radius 3 is 2.63 bits per heavy atom. The molecular weight excluding hydrogens is 252 g/mol. The average Bonchev–Trinajstić information content (AvgIpc) is 2.93. The molecule has 0 saturated carbocycles. The fourth-order valence-corrected chi connectivity index (χ4v) is 1.57. The van der Waals surface area contributed by atoms with Crippen LogP contribution in [0.3, 0.4) is 0 Å². The van der Waals surface area contributed by atoms with Crippen LogP contribution in [0.5, 0.6) is 0 Å². The summed E-state index contributed by atoms with van der Waals surface area (Å²) in [5.41, 5.74) is 0.855. The lowest BCUT2D eigenvalue weighted by Gasteiger charge is -1.95. The molecule has 0 saturated heterocycles. The second kappa shape index (κ2) is 4.56. The highest BCUT2D eigenvalue weighted by atomic mass is 19.2. The Morgan fingerprint density at radius 2 is 1.89 bits per heavy atom.